The van der Waals surface area contributed by atoms with Crippen molar-refractivity contribution in [1.82, 2.24) is 15.1 Å². The van der Waals surface area contributed by atoms with Gasteiger partial charge in [0.15, 0.2) is 6.10 Å². The van der Waals surface area contributed by atoms with Crippen LogP contribution in [0.5, 0.6) is 0 Å². The third-order valence-electron chi connectivity index (χ3n) is 4.63. The van der Waals surface area contributed by atoms with Crippen LogP contribution in [0.25, 0.3) is 0 Å². The van der Waals surface area contributed by atoms with E-state index in [0.717, 1.165) is 12.8 Å². The van der Waals surface area contributed by atoms with Crippen LogP contribution in [0, 0.1) is 11.8 Å². The Kier molecular flexibility index (Phi) is 5.21. The molecule has 0 radical (unpaired) electrons. The summed E-state index contributed by atoms with van der Waals surface area (Å²) in [5, 5.41) is 6.94. The fourth-order valence-electron chi connectivity index (χ4n) is 2.89. The van der Waals surface area contributed by atoms with Gasteiger partial charge in [0.1, 0.15) is 0 Å². The van der Waals surface area contributed by atoms with Crippen LogP contribution >= 0.6 is 0 Å². The smallest absolute Gasteiger partial charge is 0.342 e. The van der Waals surface area contributed by atoms with Crippen molar-refractivity contribution in [3.05, 3.63) is 18.0 Å². The Morgan fingerprint density at radius 2 is 2.14 bits per heavy atom. The van der Waals surface area contributed by atoms with Crippen LogP contribution in [0.2, 0.25) is 0 Å². The molecule has 1 aliphatic carbocycles. The molecule has 1 fully saturated rings. The standard InChI is InChI=1S/C16H25N3O3/c1-10-6-5-7-14(11(10)2)18-15(20)12(3)22-16(21)13-8-17-19(4)9-13/h8-12,14H,5-7H2,1-4H3,(H,18,20)/t10-,11+,12-,14+/m0/s1. The Balaban J connectivity index is 1.88. The fourth-order valence-corrected chi connectivity index (χ4v) is 2.89. The van der Waals surface area contributed by atoms with Crippen molar-refractivity contribution in [3.8, 4) is 0 Å². The van der Waals surface area contributed by atoms with Gasteiger partial charge in [0.25, 0.3) is 5.91 Å². The van der Waals surface area contributed by atoms with Crippen molar-refractivity contribution in [2.45, 2.75) is 52.2 Å². The number of amides is 1. The molecule has 1 aromatic heterocycles. The van der Waals surface area contributed by atoms with Crippen LogP contribution in [0.4, 0.5) is 0 Å². The Morgan fingerprint density at radius 3 is 2.77 bits per heavy atom. The van der Waals surface area contributed by atoms with Crippen LogP contribution < -0.4 is 5.32 Å². The summed E-state index contributed by atoms with van der Waals surface area (Å²) >= 11 is 0. The monoisotopic (exact) mass is 307 g/mol. The maximum Gasteiger partial charge on any atom is 0.342 e. The third kappa shape index (κ3) is 3.87. The number of aromatic nitrogens is 2. The molecular weight excluding hydrogens is 282 g/mol. The van der Waals surface area contributed by atoms with Gasteiger partial charge in [-0.1, -0.05) is 26.7 Å². The summed E-state index contributed by atoms with van der Waals surface area (Å²) in [7, 11) is 1.72. The van der Waals surface area contributed by atoms with E-state index in [1.807, 2.05) is 0 Å². The first-order valence-corrected chi connectivity index (χ1v) is 7.88. The van der Waals surface area contributed by atoms with Gasteiger partial charge >= 0.3 is 5.97 Å². The van der Waals surface area contributed by atoms with Gasteiger partial charge in [-0.2, -0.15) is 5.10 Å². The number of hydrogen-bond donors (Lipinski definition) is 1. The fraction of sp³-hybridized carbons (Fsp3) is 0.688. The van der Waals surface area contributed by atoms with E-state index >= 15 is 0 Å². The van der Waals surface area contributed by atoms with Crippen molar-refractivity contribution in [2.75, 3.05) is 0 Å². The van der Waals surface area contributed by atoms with Crippen molar-refractivity contribution in [3.63, 3.8) is 0 Å². The van der Waals surface area contributed by atoms with E-state index < -0.39 is 12.1 Å². The van der Waals surface area contributed by atoms with Gasteiger partial charge in [0.05, 0.1) is 11.8 Å². The average molecular weight is 307 g/mol. The number of esters is 1. The highest BCUT2D eigenvalue weighted by molar-refractivity contribution is 5.91. The maximum atomic E-state index is 12.2. The van der Waals surface area contributed by atoms with Crippen molar-refractivity contribution >= 4 is 11.9 Å². The minimum Gasteiger partial charge on any atom is -0.449 e. The van der Waals surface area contributed by atoms with Gasteiger partial charge in [0.2, 0.25) is 0 Å². The lowest BCUT2D eigenvalue weighted by molar-refractivity contribution is -0.130. The Hall–Kier alpha value is -1.85. The van der Waals surface area contributed by atoms with Crippen LogP contribution in [0.15, 0.2) is 12.4 Å². The summed E-state index contributed by atoms with van der Waals surface area (Å²) in [6, 6.07) is 0.163. The summed E-state index contributed by atoms with van der Waals surface area (Å²) in [4.78, 5) is 24.2. The van der Waals surface area contributed by atoms with Gasteiger partial charge in [-0.25, -0.2) is 4.79 Å². The summed E-state index contributed by atoms with van der Waals surface area (Å²) < 4.78 is 6.73. The molecule has 122 valence electrons. The lowest BCUT2D eigenvalue weighted by Crippen LogP contribution is -2.47. The topological polar surface area (TPSA) is 73.2 Å². The largest absolute Gasteiger partial charge is 0.449 e. The second-order valence-electron chi connectivity index (χ2n) is 6.33. The van der Waals surface area contributed by atoms with E-state index in [-0.39, 0.29) is 11.9 Å². The first-order valence-electron chi connectivity index (χ1n) is 7.88. The Morgan fingerprint density at radius 1 is 1.41 bits per heavy atom. The summed E-state index contributed by atoms with van der Waals surface area (Å²) in [5.74, 6) is 0.287. The number of carbonyl (C=O) groups is 2. The summed E-state index contributed by atoms with van der Waals surface area (Å²) in [6.45, 7) is 5.98. The molecule has 1 aliphatic rings. The molecule has 0 saturated heterocycles. The molecule has 4 atom stereocenters. The highest BCUT2D eigenvalue weighted by Gasteiger charge is 2.30. The van der Waals surface area contributed by atoms with Crippen molar-refractivity contribution < 1.29 is 14.3 Å². The zero-order valence-corrected chi connectivity index (χ0v) is 13.7. The van der Waals surface area contributed by atoms with Crippen LogP contribution in [0.1, 0.15) is 50.4 Å². The normalized spacial score (nSPS) is 26.3. The maximum absolute atomic E-state index is 12.2. The SMILES string of the molecule is C[C@@H]1[C@@H](C)CCC[C@H]1NC(=O)[C@H](C)OC(=O)c1cnn(C)c1. The number of hydrogen-bond acceptors (Lipinski definition) is 4. The molecule has 0 aliphatic heterocycles. The van der Waals surface area contributed by atoms with Crippen molar-refractivity contribution in [1.29, 1.82) is 0 Å². The van der Waals surface area contributed by atoms with Gasteiger partial charge in [0, 0.05) is 19.3 Å². The van der Waals surface area contributed by atoms with E-state index in [1.165, 1.54) is 17.3 Å². The number of nitrogens with zero attached hydrogens (tertiary/aromatic N) is 2. The molecule has 0 aromatic carbocycles. The quantitative estimate of drug-likeness (QED) is 0.862. The van der Waals surface area contributed by atoms with E-state index in [2.05, 4.69) is 24.3 Å². The van der Waals surface area contributed by atoms with Gasteiger partial charge in [-0.3, -0.25) is 9.48 Å². The second kappa shape index (κ2) is 6.94. The minimum atomic E-state index is -0.808. The van der Waals surface area contributed by atoms with Crippen molar-refractivity contribution in [2.24, 2.45) is 18.9 Å². The van der Waals surface area contributed by atoms with E-state index in [9.17, 15) is 9.59 Å². The molecule has 1 heterocycles. The minimum absolute atomic E-state index is 0.163. The molecular formula is C16H25N3O3. The number of nitrogens with one attached hydrogen (secondary N) is 1. The van der Waals surface area contributed by atoms with E-state index in [4.69, 9.17) is 4.74 Å². The van der Waals surface area contributed by atoms with E-state index in [1.54, 1.807) is 20.2 Å². The first-order chi connectivity index (χ1) is 10.4. The number of ether oxygens (including phenoxy) is 1. The highest BCUT2D eigenvalue weighted by Crippen LogP contribution is 2.29. The Bertz CT molecular complexity index is 540. The van der Waals surface area contributed by atoms with Gasteiger partial charge < -0.3 is 10.1 Å². The van der Waals surface area contributed by atoms with Gasteiger partial charge in [-0.15, -0.1) is 0 Å². The average Bonchev–Trinajstić information content (AvgIpc) is 2.90. The van der Waals surface area contributed by atoms with Crippen LogP contribution in [0.3, 0.4) is 0 Å². The predicted octanol–water partition coefficient (Wildman–Crippen LogP) is 1.91. The van der Waals surface area contributed by atoms with Crippen LogP contribution in [-0.2, 0) is 16.6 Å². The molecule has 2 rings (SSSR count). The number of carbonyl (C=O) groups excluding carboxylic acids is 2. The lowest BCUT2D eigenvalue weighted by Gasteiger charge is -2.35. The summed E-state index contributed by atoms with van der Waals surface area (Å²) in [5.41, 5.74) is 0.349. The third-order valence-corrected chi connectivity index (χ3v) is 4.63. The second-order valence-corrected chi connectivity index (χ2v) is 6.33. The highest BCUT2D eigenvalue weighted by atomic mass is 16.5. The van der Waals surface area contributed by atoms with Gasteiger partial charge in [-0.05, 0) is 25.2 Å². The predicted molar refractivity (Wildman–Crippen MR) is 82.2 cm³/mol. The number of aryl methyl sites for hydroxylation is 1. The molecule has 1 saturated carbocycles. The molecule has 1 amide bonds. The van der Waals surface area contributed by atoms with E-state index in [0.29, 0.717) is 17.4 Å². The molecule has 22 heavy (non-hydrogen) atoms. The number of rotatable bonds is 4. The molecule has 1 N–H and O–H groups in total. The Labute approximate surface area is 131 Å². The van der Waals surface area contributed by atoms with Crippen LogP contribution in [-0.4, -0.2) is 33.8 Å². The molecule has 6 heteroatoms. The lowest BCUT2D eigenvalue weighted by atomic mass is 9.78. The molecule has 6 nitrogen and oxygen atoms in total. The first kappa shape index (κ1) is 16.5. The summed E-state index contributed by atoms with van der Waals surface area (Å²) in [6.07, 6.45) is 5.51. The molecule has 1 aromatic rings. The zero-order valence-electron chi connectivity index (χ0n) is 13.7. The molecule has 0 spiro atoms. The zero-order chi connectivity index (χ0) is 16.3. The molecule has 0 unspecified atom stereocenters. The molecule has 0 bridgehead atoms.